The van der Waals surface area contributed by atoms with Crippen LogP contribution in [0.25, 0.3) is 0 Å². The van der Waals surface area contributed by atoms with E-state index in [1.807, 2.05) is 0 Å². The summed E-state index contributed by atoms with van der Waals surface area (Å²) in [7, 11) is 0. The predicted molar refractivity (Wildman–Crippen MR) is 362 cm³/mol. The maximum Gasteiger partial charge on any atom is 0.306 e. The fourth-order valence-electron chi connectivity index (χ4n) is 10.1. The molecule has 0 N–H and O–H groups in total. The Morgan fingerprint density at radius 2 is 0.470 bits per heavy atom. The first kappa shape index (κ1) is 79.1. The van der Waals surface area contributed by atoms with Gasteiger partial charge in [0.2, 0.25) is 0 Å². The topological polar surface area (TPSA) is 78.9 Å². The molecule has 0 aliphatic heterocycles. The SMILES string of the molecule is CC/C=C\C/C=C\C/C=C\C/C=C\C/C=C\CCCCCCCCCCCC(=O)OCC(COC(=O)CCCC/C=C\C/C=C\C/C=C\C/C=C\CC)OC(=O)CCCCCCCCCCCCCCCCCCCCCCCCCCC. The molecule has 0 heterocycles. The van der Waals surface area contributed by atoms with Crippen LogP contribution in [0.2, 0.25) is 0 Å². The summed E-state index contributed by atoms with van der Waals surface area (Å²) in [5.74, 6) is -0.926. The highest BCUT2D eigenvalue weighted by Gasteiger charge is 2.19. The van der Waals surface area contributed by atoms with Crippen molar-refractivity contribution in [3.8, 4) is 0 Å². The van der Waals surface area contributed by atoms with Gasteiger partial charge in [0.05, 0.1) is 0 Å². The zero-order chi connectivity index (χ0) is 59.9. The third kappa shape index (κ3) is 68.7. The molecule has 1 atom stereocenters. The number of hydrogen-bond acceptors (Lipinski definition) is 6. The molecule has 0 aliphatic carbocycles. The standard InChI is InChI=1S/C77H132O6/c1-4-7-10-13-16-19-22-25-28-30-32-34-36-38-40-42-44-46-49-52-55-58-61-64-67-70-76(79)82-73-74(72-81-75(78)69-66-63-60-57-54-51-48-27-24-21-18-15-12-9-6-3)83-77(80)71-68-65-62-59-56-53-50-47-45-43-41-39-37-35-33-31-29-26-23-20-17-14-11-8-5-2/h7,9-10,12,16,18-19,21,25,27-28,32,34,38,40,48,54,57,74H,4-6,8,11,13-15,17,20,22-24,26,29-31,33,35-37,39,41-47,49-53,55-56,58-73H2,1-3H3/b10-7-,12-9-,19-16-,21-18-,28-25-,34-32-,40-38-,48-27-,57-54-. The predicted octanol–water partition coefficient (Wildman–Crippen LogP) is 24.6. The molecule has 0 spiro atoms. The second kappa shape index (κ2) is 70.6. The first-order chi connectivity index (χ1) is 41.0. The van der Waals surface area contributed by atoms with Crippen LogP contribution in [-0.4, -0.2) is 37.2 Å². The molecule has 0 aliphatic rings. The summed E-state index contributed by atoms with van der Waals surface area (Å²) >= 11 is 0. The Morgan fingerprint density at radius 1 is 0.253 bits per heavy atom. The van der Waals surface area contributed by atoms with E-state index in [2.05, 4.69) is 130 Å². The van der Waals surface area contributed by atoms with Crippen LogP contribution in [0.1, 0.15) is 342 Å². The number of carbonyl (C=O) groups excluding carboxylic acids is 3. The second-order valence-corrected chi connectivity index (χ2v) is 23.4. The molecular formula is C77H132O6. The lowest BCUT2D eigenvalue weighted by Gasteiger charge is -2.18. The van der Waals surface area contributed by atoms with Crippen LogP contribution < -0.4 is 0 Å². The van der Waals surface area contributed by atoms with Crippen LogP contribution in [-0.2, 0) is 28.6 Å². The highest BCUT2D eigenvalue weighted by Crippen LogP contribution is 2.18. The minimum Gasteiger partial charge on any atom is -0.462 e. The average molecular weight is 1150 g/mol. The molecule has 0 aromatic rings. The van der Waals surface area contributed by atoms with E-state index < -0.39 is 6.10 Å². The molecular weight excluding hydrogens is 1020 g/mol. The minimum atomic E-state index is -0.800. The van der Waals surface area contributed by atoms with Gasteiger partial charge in [-0.25, -0.2) is 0 Å². The maximum atomic E-state index is 13.0. The van der Waals surface area contributed by atoms with Crippen LogP contribution in [0.3, 0.4) is 0 Å². The van der Waals surface area contributed by atoms with Crippen molar-refractivity contribution in [2.75, 3.05) is 13.2 Å². The number of rotatable bonds is 64. The van der Waals surface area contributed by atoms with Crippen LogP contribution >= 0.6 is 0 Å². The summed E-state index contributed by atoms with van der Waals surface area (Å²) in [4.78, 5) is 38.4. The lowest BCUT2D eigenvalue weighted by atomic mass is 10.0. The van der Waals surface area contributed by atoms with Gasteiger partial charge in [-0.15, -0.1) is 0 Å². The van der Waals surface area contributed by atoms with Gasteiger partial charge in [0.1, 0.15) is 13.2 Å². The maximum absolute atomic E-state index is 13.0. The van der Waals surface area contributed by atoms with Gasteiger partial charge in [0.15, 0.2) is 6.10 Å². The van der Waals surface area contributed by atoms with Crippen LogP contribution in [0, 0.1) is 0 Å². The fraction of sp³-hybridized carbons (Fsp3) is 0.727. The third-order valence-electron chi connectivity index (χ3n) is 15.3. The van der Waals surface area contributed by atoms with E-state index in [-0.39, 0.29) is 31.1 Å². The molecule has 83 heavy (non-hydrogen) atoms. The first-order valence-corrected chi connectivity index (χ1v) is 35.4. The molecule has 6 heteroatoms. The van der Waals surface area contributed by atoms with Crippen molar-refractivity contribution in [3.05, 3.63) is 109 Å². The lowest BCUT2D eigenvalue weighted by molar-refractivity contribution is -0.167. The molecule has 0 aromatic carbocycles. The summed E-state index contributed by atoms with van der Waals surface area (Å²) in [5, 5.41) is 0. The van der Waals surface area contributed by atoms with Crippen molar-refractivity contribution in [2.24, 2.45) is 0 Å². The van der Waals surface area contributed by atoms with E-state index in [0.717, 1.165) is 122 Å². The molecule has 1 unspecified atom stereocenters. The zero-order valence-corrected chi connectivity index (χ0v) is 54.7. The van der Waals surface area contributed by atoms with E-state index in [4.69, 9.17) is 14.2 Å². The smallest absolute Gasteiger partial charge is 0.306 e. The van der Waals surface area contributed by atoms with Gasteiger partial charge >= 0.3 is 17.9 Å². The number of ether oxygens (including phenoxy) is 3. The summed E-state index contributed by atoms with van der Waals surface area (Å²) in [6.45, 7) is 6.42. The summed E-state index contributed by atoms with van der Waals surface area (Å²) in [5.41, 5.74) is 0. The Kier molecular flexibility index (Phi) is 67.2. The van der Waals surface area contributed by atoms with E-state index in [1.54, 1.807) is 0 Å². The number of esters is 3. The van der Waals surface area contributed by atoms with Gasteiger partial charge in [-0.3, -0.25) is 14.4 Å². The van der Waals surface area contributed by atoms with Gasteiger partial charge in [-0.2, -0.15) is 0 Å². The zero-order valence-electron chi connectivity index (χ0n) is 54.7. The Labute approximate surface area is 514 Å². The number of unbranched alkanes of at least 4 members (excludes halogenated alkanes) is 35. The summed E-state index contributed by atoms with van der Waals surface area (Å²) < 4.78 is 17.0. The van der Waals surface area contributed by atoms with E-state index in [1.165, 1.54) is 180 Å². The van der Waals surface area contributed by atoms with E-state index >= 15 is 0 Å². The Hall–Kier alpha value is -3.93. The fourth-order valence-corrected chi connectivity index (χ4v) is 10.1. The molecule has 0 fully saturated rings. The monoisotopic (exact) mass is 1150 g/mol. The lowest BCUT2D eigenvalue weighted by Crippen LogP contribution is -2.30. The Balaban J connectivity index is 4.35. The van der Waals surface area contributed by atoms with Crippen LogP contribution in [0.4, 0.5) is 0 Å². The summed E-state index contributed by atoms with van der Waals surface area (Å²) in [6.07, 6.45) is 96.9. The quantitative estimate of drug-likeness (QED) is 0.0261. The molecule has 476 valence electrons. The van der Waals surface area contributed by atoms with E-state index in [0.29, 0.717) is 19.3 Å². The molecule has 6 nitrogen and oxygen atoms in total. The van der Waals surface area contributed by atoms with E-state index in [9.17, 15) is 14.4 Å². The van der Waals surface area contributed by atoms with Gasteiger partial charge in [-0.05, 0) is 103 Å². The highest BCUT2D eigenvalue weighted by molar-refractivity contribution is 5.71. The van der Waals surface area contributed by atoms with Crippen molar-refractivity contribution in [1.29, 1.82) is 0 Å². The molecule has 0 amide bonds. The first-order valence-electron chi connectivity index (χ1n) is 35.4. The molecule has 0 saturated carbocycles. The largest absolute Gasteiger partial charge is 0.462 e. The molecule has 0 aromatic heterocycles. The van der Waals surface area contributed by atoms with Crippen molar-refractivity contribution in [2.45, 2.75) is 348 Å². The molecule has 0 rings (SSSR count). The van der Waals surface area contributed by atoms with Crippen molar-refractivity contribution >= 4 is 17.9 Å². The number of hydrogen-bond donors (Lipinski definition) is 0. The summed E-state index contributed by atoms with van der Waals surface area (Å²) in [6, 6.07) is 0. The number of allylic oxidation sites excluding steroid dienone is 18. The Bertz CT molecular complexity index is 1660. The van der Waals surface area contributed by atoms with Crippen molar-refractivity contribution in [3.63, 3.8) is 0 Å². The van der Waals surface area contributed by atoms with Gasteiger partial charge in [0, 0.05) is 19.3 Å². The van der Waals surface area contributed by atoms with Gasteiger partial charge < -0.3 is 14.2 Å². The molecule has 0 bridgehead atoms. The van der Waals surface area contributed by atoms with Gasteiger partial charge in [-0.1, -0.05) is 329 Å². The van der Waals surface area contributed by atoms with Crippen LogP contribution in [0.5, 0.6) is 0 Å². The Morgan fingerprint density at radius 3 is 0.759 bits per heavy atom. The average Bonchev–Trinajstić information content (AvgIpc) is 3.49. The molecule has 0 radical (unpaired) electrons. The van der Waals surface area contributed by atoms with Crippen molar-refractivity contribution < 1.29 is 28.6 Å². The third-order valence-corrected chi connectivity index (χ3v) is 15.3. The van der Waals surface area contributed by atoms with Crippen molar-refractivity contribution in [1.82, 2.24) is 0 Å². The second-order valence-electron chi connectivity index (χ2n) is 23.4. The normalized spacial score (nSPS) is 12.8. The highest BCUT2D eigenvalue weighted by atomic mass is 16.6. The molecule has 0 saturated heterocycles. The van der Waals surface area contributed by atoms with Gasteiger partial charge in [0.25, 0.3) is 0 Å². The minimum absolute atomic E-state index is 0.0930. The number of carbonyl (C=O) groups is 3. The van der Waals surface area contributed by atoms with Crippen LogP contribution in [0.15, 0.2) is 109 Å².